The van der Waals surface area contributed by atoms with Crippen molar-refractivity contribution in [1.29, 1.82) is 0 Å². The van der Waals surface area contributed by atoms with Crippen molar-refractivity contribution in [3.05, 3.63) is 16.1 Å². The Hall–Kier alpha value is -0.410. The van der Waals surface area contributed by atoms with Crippen LogP contribution in [0.3, 0.4) is 0 Å². The first-order chi connectivity index (χ1) is 5.04. The number of hydrogen-bond donors (Lipinski definition) is 1. The molecular formula is C8H14N2S. The first-order valence-corrected chi connectivity index (χ1v) is 4.57. The smallest absolute Gasteiger partial charge is 0.0982 e. The van der Waals surface area contributed by atoms with Gasteiger partial charge in [0.25, 0.3) is 0 Å². The summed E-state index contributed by atoms with van der Waals surface area (Å²) in [7, 11) is 0. The fraction of sp³-hybridized carbons (Fsp3) is 0.625. The number of rotatable bonds is 1. The zero-order valence-electron chi connectivity index (χ0n) is 7.22. The normalized spacial score (nSPS) is 12.0. The minimum Gasteiger partial charge on any atom is -0.325 e. The first kappa shape index (κ1) is 8.68. The summed E-state index contributed by atoms with van der Waals surface area (Å²) in [5.74, 6) is 0. The fourth-order valence-corrected chi connectivity index (χ4v) is 1.67. The Balaban J connectivity index is 2.89. The third kappa shape index (κ3) is 2.01. The van der Waals surface area contributed by atoms with Crippen LogP contribution >= 0.6 is 11.3 Å². The van der Waals surface area contributed by atoms with Crippen molar-refractivity contribution in [1.82, 2.24) is 4.98 Å². The van der Waals surface area contributed by atoms with Crippen molar-refractivity contribution in [2.75, 3.05) is 0 Å². The van der Waals surface area contributed by atoms with Crippen LogP contribution in [-0.2, 0) is 12.0 Å². The van der Waals surface area contributed by atoms with Gasteiger partial charge < -0.3 is 5.73 Å². The third-order valence-electron chi connectivity index (χ3n) is 1.40. The van der Waals surface area contributed by atoms with Gasteiger partial charge in [0.05, 0.1) is 10.7 Å². The Morgan fingerprint density at radius 1 is 1.55 bits per heavy atom. The minimum atomic E-state index is 0.165. The molecule has 0 bridgehead atoms. The zero-order valence-corrected chi connectivity index (χ0v) is 8.03. The van der Waals surface area contributed by atoms with E-state index < -0.39 is 0 Å². The van der Waals surface area contributed by atoms with Crippen LogP contribution in [0.15, 0.2) is 5.38 Å². The maximum Gasteiger partial charge on any atom is 0.0982 e. The van der Waals surface area contributed by atoms with Gasteiger partial charge in [0.2, 0.25) is 0 Å². The average molecular weight is 170 g/mol. The maximum absolute atomic E-state index is 5.45. The molecule has 3 heteroatoms. The van der Waals surface area contributed by atoms with E-state index in [1.165, 1.54) is 0 Å². The topological polar surface area (TPSA) is 38.9 Å². The molecule has 0 spiro atoms. The molecule has 0 unspecified atom stereocenters. The summed E-state index contributed by atoms with van der Waals surface area (Å²) >= 11 is 1.69. The Labute approximate surface area is 71.5 Å². The van der Waals surface area contributed by atoms with Crippen molar-refractivity contribution in [2.24, 2.45) is 5.73 Å². The molecule has 0 atom stereocenters. The highest BCUT2D eigenvalue weighted by atomic mass is 32.1. The van der Waals surface area contributed by atoms with E-state index in [2.05, 4.69) is 25.8 Å². The lowest BCUT2D eigenvalue weighted by atomic mass is 9.98. The molecule has 2 nitrogen and oxygen atoms in total. The summed E-state index contributed by atoms with van der Waals surface area (Å²) in [5.41, 5.74) is 6.62. The highest BCUT2D eigenvalue weighted by Crippen LogP contribution is 2.25. The van der Waals surface area contributed by atoms with E-state index in [0.29, 0.717) is 6.54 Å². The van der Waals surface area contributed by atoms with Gasteiger partial charge in [0, 0.05) is 17.3 Å². The van der Waals surface area contributed by atoms with Gasteiger partial charge in [-0.1, -0.05) is 20.8 Å². The lowest BCUT2D eigenvalue weighted by Gasteiger charge is -2.13. The van der Waals surface area contributed by atoms with Gasteiger partial charge in [0.15, 0.2) is 0 Å². The predicted octanol–water partition coefficient (Wildman–Crippen LogP) is 1.90. The molecule has 62 valence electrons. The Morgan fingerprint density at radius 3 is 2.45 bits per heavy atom. The summed E-state index contributed by atoms with van der Waals surface area (Å²) in [6.07, 6.45) is 0. The molecule has 0 radical (unpaired) electrons. The summed E-state index contributed by atoms with van der Waals surface area (Å²) in [5, 5.41) is 3.19. The van der Waals surface area contributed by atoms with Crippen LogP contribution in [-0.4, -0.2) is 4.98 Å². The molecule has 1 aromatic rings. The molecule has 0 aromatic carbocycles. The Kier molecular flexibility index (Phi) is 2.30. The number of nitrogens with zero attached hydrogens (tertiary/aromatic N) is 1. The van der Waals surface area contributed by atoms with Crippen LogP contribution in [0.1, 0.15) is 31.5 Å². The second-order valence-electron chi connectivity index (χ2n) is 3.60. The molecule has 1 rings (SSSR count). The Morgan fingerprint density at radius 2 is 2.18 bits per heavy atom. The van der Waals surface area contributed by atoms with Gasteiger partial charge in [-0.2, -0.15) is 0 Å². The summed E-state index contributed by atoms with van der Waals surface area (Å²) in [4.78, 5) is 4.39. The Bertz CT molecular complexity index is 234. The van der Waals surface area contributed by atoms with Crippen LogP contribution in [0.4, 0.5) is 0 Å². The zero-order chi connectivity index (χ0) is 8.48. The molecule has 2 N–H and O–H groups in total. The fourth-order valence-electron chi connectivity index (χ4n) is 0.745. The molecule has 11 heavy (non-hydrogen) atoms. The largest absolute Gasteiger partial charge is 0.325 e. The predicted molar refractivity (Wildman–Crippen MR) is 48.7 cm³/mol. The second-order valence-corrected chi connectivity index (χ2v) is 4.46. The summed E-state index contributed by atoms with van der Waals surface area (Å²) in [6.45, 7) is 7.02. The van der Waals surface area contributed by atoms with Gasteiger partial charge in [-0.05, 0) is 0 Å². The van der Waals surface area contributed by atoms with E-state index >= 15 is 0 Å². The van der Waals surface area contributed by atoms with Crippen LogP contribution in [0, 0.1) is 0 Å². The molecule has 0 aliphatic heterocycles. The van der Waals surface area contributed by atoms with Crippen LogP contribution in [0.2, 0.25) is 0 Å². The average Bonchev–Trinajstić information content (AvgIpc) is 2.32. The van der Waals surface area contributed by atoms with Crippen LogP contribution < -0.4 is 5.73 Å². The number of thiazole rings is 1. The monoisotopic (exact) mass is 170 g/mol. The molecule has 0 aliphatic rings. The standard InChI is InChI=1S/C8H14N2S/c1-8(2,3)7-10-6(4-9)5-11-7/h5H,4,9H2,1-3H3. The van der Waals surface area contributed by atoms with Crippen molar-refractivity contribution in [3.8, 4) is 0 Å². The SMILES string of the molecule is CC(C)(C)c1nc(CN)cs1. The van der Waals surface area contributed by atoms with E-state index in [4.69, 9.17) is 5.73 Å². The van der Waals surface area contributed by atoms with Gasteiger partial charge >= 0.3 is 0 Å². The molecule has 0 saturated heterocycles. The molecule has 0 saturated carbocycles. The number of nitrogens with two attached hydrogens (primary N) is 1. The molecule has 1 heterocycles. The maximum atomic E-state index is 5.45. The van der Waals surface area contributed by atoms with Gasteiger partial charge in [-0.3, -0.25) is 0 Å². The molecule has 0 aliphatic carbocycles. The summed E-state index contributed by atoms with van der Waals surface area (Å²) in [6, 6.07) is 0. The van der Waals surface area contributed by atoms with Crippen LogP contribution in [0.25, 0.3) is 0 Å². The minimum absolute atomic E-state index is 0.165. The van der Waals surface area contributed by atoms with E-state index in [1.807, 2.05) is 5.38 Å². The van der Waals surface area contributed by atoms with E-state index in [0.717, 1.165) is 10.7 Å². The van der Waals surface area contributed by atoms with Crippen molar-refractivity contribution >= 4 is 11.3 Å². The van der Waals surface area contributed by atoms with E-state index in [9.17, 15) is 0 Å². The van der Waals surface area contributed by atoms with Gasteiger partial charge in [0.1, 0.15) is 0 Å². The highest BCUT2D eigenvalue weighted by molar-refractivity contribution is 7.09. The van der Waals surface area contributed by atoms with E-state index in [1.54, 1.807) is 11.3 Å². The second kappa shape index (κ2) is 2.91. The molecular weight excluding hydrogens is 156 g/mol. The third-order valence-corrected chi connectivity index (χ3v) is 2.72. The number of aromatic nitrogens is 1. The quantitative estimate of drug-likeness (QED) is 0.699. The van der Waals surface area contributed by atoms with Crippen molar-refractivity contribution in [3.63, 3.8) is 0 Å². The molecule has 0 amide bonds. The first-order valence-electron chi connectivity index (χ1n) is 3.69. The van der Waals surface area contributed by atoms with Gasteiger partial charge in [-0.25, -0.2) is 4.98 Å². The molecule has 0 fully saturated rings. The highest BCUT2D eigenvalue weighted by Gasteiger charge is 2.17. The number of hydrogen-bond acceptors (Lipinski definition) is 3. The summed E-state index contributed by atoms with van der Waals surface area (Å²) < 4.78 is 0. The van der Waals surface area contributed by atoms with E-state index in [-0.39, 0.29) is 5.41 Å². The van der Waals surface area contributed by atoms with Gasteiger partial charge in [-0.15, -0.1) is 11.3 Å². The van der Waals surface area contributed by atoms with Crippen molar-refractivity contribution in [2.45, 2.75) is 32.7 Å². The molecule has 1 aromatic heterocycles. The lowest BCUT2D eigenvalue weighted by molar-refractivity contribution is 0.583. The lowest BCUT2D eigenvalue weighted by Crippen LogP contribution is -2.10. The van der Waals surface area contributed by atoms with Crippen molar-refractivity contribution < 1.29 is 0 Å². The van der Waals surface area contributed by atoms with Crippen LogP contribution in [0.5, 0.6) is 0 Å².